The van der Waals surface area contributed by atoms with E-state index < -0.39 is 41.3 Å². The second-order valence-corrected chi connectivity index (χ2v) is 14.8. The molecule has 0 saturated carbocycles. The van der Waals surface area contributed by atoms with Crippen LogP contribution in [0, 0.1) is 12.8 Å². The summed E-state index contributed by atoms with van der Waals surface area (Å²) in [7, 11) is 0. The van der Waals surface area contributed by atoms with E-state index in [9.17, 15) is 19.2 Å². The van der Waals surface area contributed by atoms with Gasteiger partial charge in [-0.25, -0.2) is 19.4 Å². The fourth-order valence-corrected chi connectivity index (χ4v) is 5.62. The van der Waals surface area contributed by atoms with Crippen molar-refractivity contribution in [2.45, 2.75) is 86.1 Å². The largest absolute Gasteiger partial charge is 0.462 e. The van der Waals surface area contributed by atoms with Gasteiger partial charge >= 0.3 is 18.2 Å². The minimum absolute atomic E-state index is 0.0423. The van der Waals surface area contributed by atoms with Crippen molar-refractivity contribution in [3.63, 3.8) is 0 Å². The molecule has 0 fully saturated rings. The Morgan fingerprint density at radius 1 is 0.878 bits per heavy atom. The van der Waals surface area contributed by atoms with E-state index in [1.54, 1.807) is 77.1 Å². The summed E-state index contributed by atoms with van der Waals surface area (Å²) in [6.45, 7) is 16.4. The van der Waals surface area contributed by atoms with Crippen molar-refractivity contribution in [1.82, 2.24) is 14.9 Å². The molecule has 2 aromatic carbocycles. The van der Waals surface area contributed by atoms with Crippen molar-refractivity contribution in [3.8, 4) is 10.4 Å². The molecule has 12 nitrogen and oxygen atoms in total. The number of benzene rings is 2. The van der Waals surface area contributed by atoms with Gasteiger partial charge in [0.25, 0.3) is 5.91 Å². The Morgan fingerprint density at radius 2 is 1.57 bits per heavy atom. The Hall–Kier alpha value is -4.91. The van der Waals surface area contributed by atoms with Crippen LogP contribution in [0.5, 0.6) is 0 Å². The van der Waals surface area contributed by atoms with E-state index in [0.717, 1.165) is 16.0 Å². The third-order valence-corrected chi connectivity index (χ3v) is 7.98. The average molecular weight is 692 g/mol. The first-order chi connectivity index (χ1) is 22.9. The summed E-state index contributed by atoms with van der Waals surface area (Å²) in [5.74, 6) is -0.507. The highest BCUT2D eigenvalue weighted by atomic mass is 32.1. The van der Waals surface area contributed by atoms with Crippen LogP contribution in [-0.2, 0) is 25.5 Å². The maximum atomic E-state index is 13.5. The number of fused-ring (bicyclic) bond motifs is 1. The van der Waals surface area contributed by atoms with Gasteiger partial charge in [0.1, 0.15) is 29.7 Å². The van der Waals surface area contributed by atoms with Crippen LogP contribution < -0.4 is 16.0 Å². The molecule has 0 aliphatic carbocycles. The number of thiophene rings is 1. The predicted molar refractivity (Wildman–Crippen MR) is 191 cm³/mol. The molecule has 3 N–H and O–H groups in total. The molecule has 0 saturated heterocycles. The minimum atomic E-state index is -0.873. The molecule has 0 radical (unpaired) electrons. The number of alkyl carbamates (subject to hydrolysis) is 1. The number of carbonyl (C=O) groups is 4. The summed E-state index contributed by atoms with van der Waals surface area (Å²) in [5.41, 5.74) is 1.98. The highest BCUT2D eigenvalue weighted by molar-refractivity contribution is 7.13. The summed E-state index contributed by atoms with van der Waals surface area (Å²) >= 11 is 1.56. The number of carbonyl (C=O) groups excluding carboxylic acids is 4. The van der Waals surface area contributed by atoms with E-state index >= 15 is 0 Å². The van der Waals surface area contributed by atoms with Crippen LogP contribution in [0.1, 0.15) is 71.6 Å². The Labute approximate surface area is 290 Å². The molecule has 13 heteroatoms. The van der Waals surface area contributed by atoms with Gasteiger partial charge in [-0.1, -0.05) is 26.0 Å². The fraction of sp³-hybridized carbons (Fsp3) is 0.417. The lowest BCUT2D eigenvalue weighted by molar-refractivity contribution is -0.147. The number of imidazole rings is 1. The normalized spacial score (nSPS) is 12.4. The van der Waals surface area contributed by atoms with E-state index in [0.29, 0.717) is 34.8 Å². The molecule has 1 atom stereocenters. The average Bonchev–Trinajstić information content (AvgIpc) is 3.62. The standard InChI is InChI=1S/C36H45N5O7S/c1-21(2)30(40-34(45)48-36(7,8)9)32(43)46-17-16-41-22(3)37-27-20-24(13-15-28(27)41)31(42)38-26-19-23(29-11-10-18-49-29)12-14-25(26)39-33(44)47-35(4,5)6/h10-15,18-21,30H,16-17H2,1-9H3,(H,38,42)(H,39,44)(H,40,45)/t30-/m1/s1. The van der Waals surface area contributed by atoms with Crippen molar-refractivity contribution < 1.29 is 33.4 Å². The van der Waals surface area contributed by atoms with Gasteiger partial charge in [-0.05, 0) is 102 Å². The zero-order chi connectivity index (χ0) is 36.1. The molecule has 4 rings (SSSR count). The lowest BCUT2D eigenvalue weighted by atomic mass is 10.1. The molecule has 262 valence electrons. The van der Waals surface area contributed by atoms with E-state index in [1.165, 1.54) is 0 Å². The Balaban J connectivity index is 1.47. The Morgan fingerprint density at radius 3 is 2.20 bits per heavy atom. The highest BCUT2D eigenvalue weighted by Crippen LogP contribution is 2.32. The summed E-state index contributed by atoms with van der Waals surface area (Å²) in [6, 6.07) is 13.6. The monoisotopic (exact) mass is 691 g/mol. The van der Waals surface area contributed by atoms with Crippen LogP contribution in [0.2, 0.25) is 0 Å². The lowest BCUT2D eigenvalue weighted by Crippen LogP contribution is -2.47. The summed E-state index contributed by atoms with van der Waals surface area (Å²) in [5, 5.41) is 10.3. The third-order valence-electron chi connectivity index (χ3n) is 7.06. The van der Waals surface area contributed by atoms with Crippen LogP contribution in [0.25, 0.3) is 21.5 Å². The number of aromatic nitrogens is 2. The summed E-state index contributed by atoms with van der Waals surface area (Å²) < 4.78 is 18.2. The molecule has 0 aliphatic heterocycles. The van der Waals surface area contributed by atoms with E-state index in [-0.39, 0.29) is 12.5 Å². The number of hydrogen-bond donors (Lipinski definition) is 3. The zero-order valence-electron chi connectivity index (χ0n) is 29.4. The molecular weight excluding hydrogens is 646 g/mol. The molecular formula is C36H45N5O7S. The maximum absolute atomic E-state index is 13.5. The van der Waals surface area contributed by atoms with Gasteiger partial charge in [-0.2, -0.15) is 0 Å². The van der Waals surface area contributed by atoms with Crippen molar-refractivity contribution >= 4 is 57.8 Å². The molecule has 4 aromatic rings. The van der Waals surface area contributed by atoms with E-state index in [4.69, 9.17) is 14.2 Å². The van der Waals surface area contributed by atoms with Gasteiger partial charge < -0.3 is 29.4 Å². The topological polar surface area (TPSA) is 150 Å². The van der Waals surface area contributed by atoms with Crippen molar-refractivity contribution in [2.75, 3.05) is 17.2 Å². The first-order valence-corrected chi connectivity index (χ1v) is 16.9. The number of nitrogens with zero attached hydrogens (tertiary/aromatic N) is 2. The van der Waals surface area contributed by atoms with Crippen molar-refractivity contribution in [1.29, 1.82) is 0 Å². The summed E-state index contributed by atoms with van der Waals surface area (Å²) in [4.78, 5) is 56.9. The smallest absolute Gasteiger partial charge is 0.412 e. The third kappa shape index (κ3) is 10.3. The van der Waals surface area contributed by atoms with Crippen LogP contribution in [0.4, 0.5) is 21.0 Å². The van der Waals surface area contributed by atoms with Gasteiger partial charge in [0.05, 0.1) is 29.0 Å². The van der Waals surface area contributed by atoms with Crippen LogP contribution in [0.3, 0.4) is 0 Å². The fourth-order valence-electron chi connectivity index (χ4n) is 4.89. The summed E-state index contributed by atoms with van der Waals surface area (Å²) in [6.07, 6.45) is -1.33. The highest BCUT2D eigenvalue weighted by Gasteiger charge is 2.28. The Bertz CT molecular complexity index is 1820. The van der Waals surface area contributed by atoms with Crippen molar-refractivity contribution in [3.05, 3.63) is 65.3 Å². The second-order valence-electron chi connectivity index (χ2n) is 13.9. The number of anilines is 2. The Kier molecular flexibility index (Phi) is 11.4. The van der Waals surface area contributed by atoms with Gasteiger partial charge in [0.2, 0.25) is 0 Å². The molecule has 0 unspecified atom stereocenters. The molecule has 2 aromatic heterocycles. The lowest BCUT2D eigenvalue weighted by Gasteiger charge is -2.24. The number of ether oxygens (including phenoxy) is 3. The van der Waals surface area contributed by atoms with Crippen molar-refractivity contribution in [2.24, 2.45) is 5.92 Å². The quantitative estimate of drug-likeness (QED) is 0.113. The molecule has 0 aliphatic rings. The van der Waals surface area contributed by atoms with Gasteiger partial charge in [0, 0.05) is 10.4 Å². The predicted octanol–water partition coefficient (Wildman–Crippen LogP) is 7.77. The van der Waals surface area contributed by atoms with Crippen LogP contribution in [-0.4, -0.2) is 57.5 Å². The number of aryl methyl sites for hydroxylation is 1. The minimum Gasteiger partial charge on any atom is -0.462 e. The molecule has 0 bridgehead atoms. The van der Waals surface area contributed by atoms with Gasteiger partial charge in [-0.3, -0.25) is 10.1 Å². The number of esters is 1. The number of hydrogen-bond acceptors (Lipinski definition) is 9. The van der Waals surface area contributed by atoms with Gasteiger partial charge in [-0.15, -0.1) is 11.3 Å². The van der Waals surface area contributed by atoms with Crippen LogP contribution >= 0.6 is 11.3 Å². The number of nitrogens with one attached hydrogen (secondary N) is 3. The first-order valence-electron chi connectivity index (χ1n) is 16.0. The SMILES string of the molecule is Cc1nc2cc(C(=O)Nc3cc(-c4cccs4)ccc3NC(=O)OC(C)(C)C)ccc2n1CCOC(=O)[C@H](NC(=O)OC(C)(C)C)C(C)C. The first kappa shape index (κ1) is 36.9. The van der Waals surface area contributed by atoms with Gasteiger partial charge in [0.15, 0.2) is 0 Å². The van der Waals surface area contributed by atoms with E-state index in [2.05, 4.69) is 20.9 Å². The molecule has 2 heterocycles. The molecule has 3 amide bonds. The zero-order valence-corrected chi connectivity index (χ0v) is 30.2. The number of amides is 3. The second kappa shape index (κ2) is 15.1. The maximum Gasteiger partial charge on any atom is 0.412 e. The number of rotatable bonds is 10. The molecule has 49 heavy (non-hydrogen) atoms. The van der Waals surface area contributed by atoms with E-state index in [1.807, 2.05) is 55.0 Å². The molecule has 0 spiro atoms. The van der Waals surface area contributed by atoms with Crippen LogP contribution in [0.15, 0.2) is 53.9 Å².